The number of rotatable bonds is 3. The van der Waals surface area contributed by atoms with Crippen LogP contribution in [0.15, 0.2) is 53.5 Å². The molecule has 1 saturated heterocycles. The van der Waals surface area contributed by atoms with Crippen LogP contribution in [0.4, 0.5) is 5.69 Å². The lowest BCUT2D eigenvalue weighted by Crippen LogP contribution is -2.50. The zero-order chi connectivity index (χ0) is 18.9. The van der Waals surface area contributed by atoms with Gasteiger partial charge in [0.2, 0.25) is 10.0 Å². The van der Waals surface area contributed by atoms with Crippen molar-refractivity contribution < 1.29 is 13.2 Å². The maximum absolute atomic E-state index is 11.2. The highest BCUT2D eigenvalue weighted by Crippen LogP contribution is 2.37. The largest absolute Gasteiger partial charge is 0.454 e. The Balaban J connectivity index is 1.57. The minimum atomic E-state index is -3.43. The number of nitrogens with zero attached hydrogens (tertiary/aromatic N) is 3. The van der Waals surface area contributed by atoms with Crippen LogP contribution in [0.25, 0.3) is 0 Å². The van der Waals surface area contributed by atoms with Gasteiger partial charge in [-0.3, -0.25) is 4.90 Å². The summed E-state index contributed by atoms with van der Waals surface area (Å²) in [6, 6.07) is 15.7. The summed E-state index contributed by atoms with van der Waals surface area (Å²) in [5.74, 6) is 2.41. The van der Waals surface area contributed by atoms with Gasteiger partial charge in [-0.25, -0.2) is 18.5 Å². The van der Waals surface area contributed by atoms with E-state index in [9.17, 15) is 8.42 Å². The number of benzene rings is 2. The minimum absolute atomic E-state index is 0.0159. The van der Waals surface area contributed by atoms with Crippen molar-refractivity contribution in [1.29, 1.82) is 0 Å². The number of ether oxygens (including phenoxy) is 1. The number of amidine groups is 1. The van der Waals surface area contributed by atoms with E-state index in [4.69, 9.17) is 14.9 Å². The third-order valence-electron chi connectivity index (χ3n) is 4.80. The van der Waals surface area contributed by atoms with E-state index in [0.29, 0.717) is 6.54 Å². The third-order valence-corrected chi connectivity index (χ3v) is 5.55. The van der Waals surface area contributed by atoms with Crippen LogP contribution in [0.5, 0.6) is 11.5 Å². The van der Waals surface area contributed by atoms with Gasteiger partial charge in [0.05, 0.1) is 11.3 Å². The Morgan fingerprint density at radius 1 is 0.963 bits per heavy atom. The average Bonchev–Trinajstić information content (AvgIpc) is 2.83. The van der Waals surface area contributed by atoms with E-state index in [-0.39, 0.29) is 5.75 Å². The fourth-order valence-electron chi connectivity index (χ4n) is 3.35. The third kappa shape index (κ3) is 4.13. The Morgan fingerprint density at radius 2 is 1.63 bits per heavy atom. The Morgan fingerprint density at radius 3 is 2.37 bits per heavy atom. The number of nitrogens with two attached hydrogens (primary N) is 1. The van der Waals surface area contributed by atoms with E-state index in [0.717, 1.165) is 54.8 Å². The highest BCUT2D eigenvalue weighted by molar-refractivity contribution is 7.89. The Kier molecular flexibility index (Phi) is 4.86. The quantitative estimate of drug-likeness (QED) is 0.869. The molecule has 0 saturated carbocycles. The summed E-state index contributed by atoms with van der Waals surface area (Å²) in [6.07, 6.45) is 0. The van der Waals surface area contributed by atoms with Crippen LogP contribution in [0.1, 0.15) is 5.56 Å². The molecule has 2 N–H and O–H groups in total. The fourth-order valence-corrected chi connectivity index (χ4v) is 3.86. The summed E-state index contributed by atoms with van der Waals surface area (Å²) < 4.78 is 28.5. The van der Waals surface area contributed by atoms with Gasteiger partial charge in [0.15, 0.2) is 5.75 Å². The molecule has 2 aromatic rings. The van der Waals surface area contributed by atoms with Crippen molar-refractivity contribution in [3.63, 3.8) is 0 Å². The predicted octanol–water partition coefficient (Wildman–Crippen LogP) is 1.78. The van der Waals surface area contributed by atoms with Crippen LogP contribution in [0.3, 0.4) is 0 Å². The van der Waals surface area contributed by atoms with Crippen LogP contribution in [-0.2, 0) is 10.0 Å². The van der Waals surface area contributed by atoms with Crippen LogP contribution in [-0.4, -0.2) is 62.5 Å². The first kappa shape index (κ1) is 18.0. The SMILES string of the molecule is NS(=O)(=O)CCN1CCN(C2=Nc3ccccc3Oc3ccccc32)CC1. The lowest BCUT2D eigenvalue weighted by molar-refractivity contribution is 0.191. The van der Waals surface area contributed by atoms with Gasteiger partial charge in [-0.15, -0.1) is 0 Å². The second-order valence-electron chi connectivity index (χ2n) is 6.70. The molecule has 2 aliphatic rings. The molecule has 142 valence electrons. The van der Waals surface area contributed by atoms with E-state index in [1.807, 2.05) is 48.5 Å². The summed E-state index contributed by atoms with van der Waals surface area (Å²) in [7, 11) is -3.43. The van der Waals surface area contributed by atoms with Crippen molar-refractivity contribution in [2.75, 3.05) is 38.5 Å². The molecule has 0 atom stereocenters. The van der Waals surface area contributed by atoms with Crippen LogP contribution in [0, 0.1) is 0 Å². The summed E-state index contributed by atoms with van der Waals surface area (Å²) in [5.41, 5.74) is 1.77. The Hall–Kier alpha value is -2.42. The standard InChI is InChI=1S/C19H22N4O3S/c20-27(24,25)14-13-22-9-11-23(12-10-22)19-15-5-1-3-7-17(15)26-18-8-4-2-6-16(18)21-19/h1-8H,9-14H2,(H2,20,24,25). The second kappa shape index (κ2) is 7.30. The van der Waals surface area contributed by atoms with Gasteiger partial charge in [0, 0.05) is 32.7 Å². The number of para-hydroxylation sites is 3. The predicted molar refractivity (Wildman–Crippen MR) is 105 cm³/mol. The van der Waals surface area contributed by atoms with E-state index in [1.165, 1.54) is 0 Å². The van der Waals surface area contributed by atoms with Gasteiger partial charge in [-0.1, -0.05) is 24.3 Å². The minimum Gasteiger partial charge on any atom is -0.454 e. The normalized spacial score (nSPS) is 17.4. The summed E-state index contributed by atoms with van der Waals surface area (Å²) in [4.78, 5) is 9.25. The first-order valence-corrected chi connectivity index (χ1v) is 10.6. The molecule has 7 nitrogen and oxygen atoms in total. The Labute approximate surface area is 159 Å². The molecule has 2 aliphatic heterocycles. The number of aliphatic imine (C=N–C) groups is 1. The molecule has 4 rings (SSSR count). The first-order valence-electron chi connectivity index (χ1n) is 8.92. The molecule has 0 spiro atoms. The zero-order valence-corrected chi connectivity index (χ0v) is 15.7. The molecule has 1 fully saturated rings. The molecule has 8 heteroatoms. The maximum Gasteiger partial charge on any atom is 0.210 e. The number of primary sulfonamides is 1. The van der Waals surface area contributed by atoms with Gasteiger partial charge < -0.3 is 9.64 Å². The van der Waals surface area contributed by atoms with Crippen LogP contribution in [0.2, 0.25) is 0 Å². The number of fused-ring (bicyclic) bond motifs is 2. The van der Waals surface area contributed by atoms with Crippen molar-refractivity contribution in [3.8, 4) is 11.5 Å². The highest BCUT2D eigenvalue weighted by Gasteiger charge is 2.25. The summed E-state index contributed by atoms with van der Waals surface area (Å²) >= 11 is 0. The lowest BCUT2D eigenvalue weighted by Gasteiger charge is -2.36. The van der Waals surface area contributed by atoms with Gasteiger partial charge in [0.1, 0.15) is 17.3 Å². The number of hydrogen-bond donors (Lipinski definition) is 1. The molecule has 27 heavy (non-hydrogen) atoms. The first-order chi connectivity index (χ1) is 13.0. The van der Waals surface area contributed by atoms with Gasteiger partial charge in [0.25, 0.3) is 0 Å². The fraction of sp³-hybridized carbons (Fsp3) is 0.316. The van der Waals surface area contributed by atoms with Crippen molar-refractivity contribution in [2.45, 2.75) is 0 Å². The molecular weight excluding hydrogens is 364 g/mol. The molecule has 0 aromatic heterocycles. The number of hydrogen-bond acceptors (Lipinski definition) is 6. The maximum atomic E-state index is 11.2. The van der Waals surface area contributed by atoms with Crippen LogP contribution >= 0.6 is 0 Å². The smallest absolute Gasteiger partial charge is 0.210 e. The average molecular weight is 386 g/mol. The van der Waals surface area contributed by atoms with E-state index >= 15 is 0 Å². The zero-order valence-electron chi connectivity index (χ0n) is 14.9. The highest BCUT2D eigenvalue weighted by atomic mass is 32.2. The molecule has 0 aliphatic carbocycles. The molecule has 0 bridgehead atoms. The number of piperazine rings is 1. The number of sulfonamides is 1. The molecule has 0 radical (unpaired) electrons. The second-order valence-corrected chi connectivity index (χ2v) is 8.43. The van der Waals surface area contributed by atoms with Crippen molar-refractivity contribution in [2.24, 2.45) is 10.1 Å². The molecule has 0 unspecified atom stereocenters. The Bertz CT molecular complexity index is 966. The molecule has 2 heterocycles. The van der Waals surface area contributed by atoms with E-state index in [1.54, 1.807) is 0 Å². The summed E-state index contributed by atoms with van der Waals surface area (Å²) in [6.45, 7) is 3.51. The van der Waals surface area contributed by atoms with Crippen molar-refractivity contribution >= 4 is 21.5 Å². The van der Waals surface area contributed by atoms with E-state index < -0.39 is 10.0 Å². The molecular formula is C19H22N4O3S. The van der Waals surface area contributed by atoms with Gasteiger partial charge >= 0.3 is 0 Å². The van der Waals surface area contributed by atoms with Gasteiger partial charge in [-0.2, -0.15) is 0 Å². The van der Waals surface area contributed by atoms with Crippen molar-refractivity contribution in [3.05, 3.63) is 54.1 Å². The molecule has 2 aromatic carbocycles. The van der Waals surface area contributed by atoms with Gasteiger partial charge in [-0.05, 0) is 24.3 Å². The monoisotopic (exact) mass is 386 g/mol. The van der Waals surface area contributed by atoms with Crippen molar-refractivity contribution in [1.82, 2.24) is 9.80 Å². The lowest BCUT2D eigenvalue weighted by atomic mass is 10.1. The topological polar surface area (TPSA) is 88.2 Å². The van der Waals surface area contributed by atoms with Crippen LogP contribution < -0.4 is 9.88 Å². The molecule has 0 amide bonds. The van der Waals surface area contributed by atoms with E-state index in [2.05, 4.69) is 9.80 Å². The summed E-state index contributed by atoms with van der Waals surface area (Å²) in [5, 5.41) is 5.11.